The van der Waals surface area contributed by atoms with E-state index >= 15 is 0 Å². The fourth-order valence-corrected chi connectivity index (χ4v) is 1.50. The SMILES string of the molecule is CCOCCNCC1CCCN1. The van der Waals surface area contributed by atoms with Crippen LogP contribution in [0.2, 0.25) is 0 Å². The van der Waals surface area contributed by atoms with Crippen molar-refractivity contribution in [1.29, 1.82) is 0 Å². The van der Waals surface area contributed by atoms with Crippen LogP contribution in [-0.2, 0) is 4.74 Å². The maximum Gasteiger partial charge on any atom is 0.0590 e. The summed E-state index contributed by atoms with van der Waals surface area (Å²) in [5.41, 5.74) is 0. The Morgan fingerprint density at radius 1 is 1.58 bits per heavy atom. The second-order valence-electron chi connectivity index (χ2n) is 3.19. The van der Waals surface area contributed by atoms with Gasteiger partial charge in [-0.2, -0.15) is 0 Å². The molecule has 1 atom stereocenters. The Morgan fingerprint density at radius 3 is 3.17 bits per heavy atom. The van der Waals surface area contributed by atoms with Crippen molar-refractivity contribution >= 4 is 0 Å². The lowest BCUT2D eigenvalue weighted by Crippen LogP contribution is -2.35. The zero-order valence-corrected chi connectivity index (χ0v) is 7.94. The number of ether oxygens (including phenoxy) is 1. The molecule has 2 N–H and O–H groups in total. The van der Waals surface area contributed by atoms with E-state index in [-0.39, 0.29) is 0 Å². The largest absolute Gasteiger partial charge is 0.380 e. The predicted molar refractivity (Wildman–Crippen MR) is 50.4 cm³/mol. The van der Waals surface area contributed by atoms with E-state index in [2.05, 4.69) is 10.6 Å². The summed E-state index contributed by atoms with van der Waals surface area (Å²) in [6, 6.07) is 0.701. The molecular weight excluding hydrogens is 152 g/mol. The second-order valence-corrected chi connectivity index (χ2v) is 3.19. The van der Waals surface area contributed by atoms with Gasteiger partial charge in [0.05, 0.1) is 6.61 Å². The highest BCUT2D eigenvalue weighted by Gasteiger charge is 2.12. The zero-order valence-electron chi connectivity index (χ0n) is 7.94. The number of rotatable bonds is 6. The molecule has 3 nitrogen and oxygen atoms in total. The van der Waals surface area contributed by atoms with Gasteiger partial charge < -0.3 is 15.4 Å². The molecule has 1 heterocycles. The van der Waals surface area contributed by atoms with Crippen LogP contribution in [0.1, 0.15) is 19.8 Å². The molecule has 0 spiro atoms. The quantitative estimate of drug-likeness (QED) is 0.568. The van der Waals surface area contributed by atoms with Crippen LogP contribution in [0.5, 0.6) is 0 Å². The molecule has 1 aliphatic heterocycles. The first kappa shape index (κ1) is 9.96. The zero-order chi connectivity index (χ0) is 8.65. The van der Waals surface area contributed by atoms with Crippen molar-refractivity contribution in [3.8, 4) is 0 Å². The molecule has 3 heteroatoms. The summed E-state index contributed by atoms with van der Waals surface area (Å²) in [6.07, 6.45) is 2.65. The third-order valence-corrected chi connectivity index (χ3v) is 2.18. The van der Waals surface area contributed by atoms with E-state index in [1.165, 1.54) is 19.4 Å². The van der Waals surface area contributed by atoms with Gasteiger partial charge in [0.25, 0.3) is 0 Å². The van der Waals surface area contributed by atoms with Gasteiger partial charge in [0.1, 0.15) is 0 Å². The third-order valence-electron chi connectivity index (χ3n) is 2.18. The predicted octanol–water partition coefficient (Wildman–Crippen LogP) is 0.364. The standard InChI is InChI=1S/C9H20N2O/c1-2-12-7-6-10-8-9-4-3-5-11-9/h9-11H,2-8H2,1H3. The molecule has 0 amide bonds. The van der Waals surface area contributed by atoms with Gasteiger partial charge in [-0.25, -0.2) is 0 Å². The molecular formula is C9H20N2O. The highest BCUT2D eigenvalue weighted by molar-refractivity contribution is 4.75. The number of hydrogen-bond acceptors (Lipinski definition) is 3. The van der Waals surface area contributed by atoms with E-state index in [0.29, 0.717) is 6.04 Å². The molecule has 0 radical (unpaired) electrons. The lowest BCUT2D eigenvalue weighted by atomic mass is 10.2. The molecule has 1 fully saturated rings. The van der Waals surface area contributed by atoms with Gasteiger partial charge in [0.2, 0.25) is 0 Å². The van der Waals surface area contributed by atoms with Gasteiger partial charge in [-0.15, -0.1) is 0 Å². The van der Waals surface area contributed by atoms with Crippen molar-refractivity contribution in [2.75, 3.05) is 32.8 Å². The fourth-order valence-electron chi connectivity index (χ4n) is 1.50. The van der Waals surface area contributed by atoms with Crippen LogP contribution in [-0.4, -0.2) is 38.9 Å². The van der Waals surface area contributed by atoms with Crippen LogP contribution in [0.15, 0.2) is 0 Å². The van der Waals surface area contributed by atoms with Crippen LogP contribution in [0.3, 0.4) is 0 Å². The molecule has 0 aromatic rings. The van der Waals surface area contributed by atoms with Crippen LogP contribution < -0.4 is 10.6 Å². The second kappa shape index (κ2) is 6.40. The Labute approximate surface area is 74.9 Å². The smallest absolute Gasteiger partial charge is 0.0590 e. The number of nitrogens with one attached hydrogen (secondary N) is 2. The first-order valence-corrected chi connectivity index (χ1v) is 4.95. The monoisotopic (exact) mass is 172 g/mol. The van der Waals surface area contributed by atoms with Crippen LogP contribution >= 0.6 is 0 Å². The summed E-state index contributed by atoms with van der Waals surface area (Å²) in [4.78, 5) is 0. The van der Waals surface area contributed by atoms with Gasteiger partial charge >= 0.3 is 0 Å². The first-order chi connectivity index (χ1) is 5.93. The molecule has 0 aromatic carbocycles. The Kier molecular flexibility index (Phi) is 5.32. The summed E-state index contributed by atoms with van der Waals surface area (Å²) >= 11 is 0. The molecule has 1 rings (SSSR count). The minimum atomic E-state index is 0.701. The molecule has 12 heavy (non-hydrogen) atoms. The van der Waals surface area contributed by atoms with Crippen LogP contribution in [0.4, 0.5) is 0 Å². The Morgan fingerprint density at radius 2 is 2.50 bits per heavy atom. The lowest BCUT2D eigenvalue weighted by Gasteiger charge is -2.10. The van der Waals surface area contributed by atoms with E-state index in [1.807, 2.05) is 6.92 Å². The van der Waals surface area contributed by atoms with Crippen molar-refractivity contribution in [3.63, 3.8) is 0 Å². The molecule has 1 unspecified atom stereocenters. The van der Waals surface area contributed by atoms with E-state index in [0.717, 1.165) is 26.3 Å². The van der Waals surface area contributed by atoms with Crippen molar-refractivity contribution in [2.45, 2.75) is 25.8 Å². The van der Waals surface area contributed by atoms with Crippen molar-refractivity contribution < 1.29 is 4.74 Å². The molecule has 72 valence electrons. The summed E-state index contributed by atoms with van der Waals surface area (Å²) in [5.74, 6) is 0. The summed E-state index contributed by atoms with van der Waals surface area (Å²) in [7, 11) is 0. The lowest BCUT2D eigenvalue weighted by molar-refractivity contribution is 0.149. The Bertz CT molecular complexity index is 103. The maximum absolute atomic E-state index is 5.22. The summed E-state index contributed by atoms with van der Waals surface area (Å²) in [5, 5.41) is 6.82. The molecule has 1 saturated heterocycles. The number of hydrogen-bond donors (Lipinski definition) is 2. The van der Waals surface area contributed by atoms with Crippen LogP contribution in [0, 0.1) is 0 Å². The molecule has 1 aliphatic rings. The van der Waals surface area contributed by atoms with Gasteiger partial charge in [0.15, 0.2) is 0 Å². The average Bonchev–Trinajstić information content (AvgIpc) is 2.57. The molecule has 0 aromatic heterocycles. The summed E-state index contributed by atoms with van der Waals surface area (Å²) in [6.45, 7) is 6.95. The molecule has 0 aliphatic carbocycles. The van der Waals surface area contributed by atoms with Gasteiger partial charge in [-0.3, -0.25) is 0 Å². The van der Waals surface area contributed by atoms with Crippen molar-refractivity contribution in [1.82, 2.24) is 10.6 Å². The maximum atomic E-state index is 5.22. The average molecular weight is 172 g/mol. The van der Waals surface area contributed by atoms with Gasteiger partial charge in [0, 0.05) is 25.7 Å². The Hall–Kier alpha value is -0.120. The molecule has 0 saturated carbocycles. The highest BCUT2D eigenvalue weighted by Crippen LogP contribution is 2.02. The first-order valence-electron chi connectivity index (χ1n) is 4.95. The van der Waals surface area contributed by atoms with E-state index in [1.54, 1.807) is 0 Å². The minimum Gasteiger partial charge on any atom is -0.380 e. The van der Waals surface area contributed by atoms with E-state index in [4.69, 9.17) is 4.74 Å². The van der Waals surface area contributed by atoms with E-state index < -0.39 is 0 Å². The van der Waals surface area contributed by atoms with Crippen molar-refractivity contribution in [2.24, 2.45) is 0 Å². The fraction of sp³-hybridized carbons (Fsp3) is 1.00. The topological polar surface area (TPSA) is 33.3 Å². The highest BCUT2D eigenvalue weighted by atomic mass is 16.5. The summed E-state index contributed by atoms with van der Waals surface area (Å²) < 4.78 is 5.22. The Balaban J connectivity index is 1.81. The van der Waals surface area contributed by atoms with Gasteiger partial charge in [-0.1, -0.05) is 0 Å². The van der Waals surface area contributed by atoms with E-state index in [9.17, 15) is 0 Å². The van der Waals surface area contributed by atoms with Gasteiger partial charge in [-0.05, 0) is 26.3 Å². The molecule has 0 bridgehead atoms. The normalized spacial score (nSPS) is 23.2. The van der Waals surface area contributed by atoms with Crippen molar-refractivity contribution in [3.05, 3.63) is 0 Å². The minimum absolute atomic E-state index is 0.701. The third kappa shape index (κ3) is 4.04. The van der Waals surface area contributed by atoms with Crippen LogP contribution in [0.25, 0.3) is 0 Å².